The van der Waals surface area contributed by atoms with Crippen molar-refractivity contribution in [1.82, 2.24) is 10.2 Å². The highest BCUT2D eigenvalue weighted by Gasteiger charge is 2.28. The lowest BCUT2D eigenvalue weighted by Gasteiger charge is -2.30. The lowest BCUT2D eigenvalue weighted by molar-refractivity contribution is -0.141. The first kappa shape index (κ1) is 23.6. The summed E-state index contributed by atoms with van der Waals surface area (Å²) in [6.45, 7) is 8.85. The van der Waals surface area contributed by atoms with E-state index in [9.17, 15) is 14.0 Å². The first-order valence-electron chi connectivity index (χ1n) is 10.8. The largest absolute Gasteiger partial charge is 0.355 e. The van der Waals surface area contributed by atoms with Crippen LogP contribution in [0.4, 0.5) is 4.39 Å². The summed E-state index contributed by atoms with van der Waals surface area (Å²) in [5, 5.41) is 2.82. The normalized spacial score (nSPS) is 11.9. The molecule has 0 spiro atoms. The Morgan fingerprint density at radius 2 is 1.57 bits per heavy atom. The molecular formula is C25H33FN2O2. The fourth-order valence-electron chi connectivity index (χ4n) is 3.46. The summed E-state index contributed by atoms with van der Waals surface area (Å²) in [5.41, 5.74) is 3.17. The molecule has 4 nitrogen and oxygen atoms in total. The molecule has 2 aromatic carbocycles. The van der Waals surface area contributed by atoms with E-state index in [0.29, 0.717) is 31.7 Å². The Morgan fingerprint density at radius 3 is 2.10 bits per heavy atom. The number of hydrogen-bond acceptors (Lipinski definition) is 2. The molecule has 162 valence electrons. The molecule has 0 fully saturated rings. The Hall–Kier alpha value is -2.69. The highest BCUT2D eigenvalue weighted by molar-refractivity contribution is 5.87. The van der Waals surface area contributed by atoms with Crippen LogP contribution in [0, 0.1) is 5.82 Å². The predicted molar refractivity (Wildman–Crippen MR) is 119 cm³/mol. The molecule has 2 aromatic rings. The number of carbonyl (C=O) groups is 2. The van der Waals surface area contributed by atoms with Crippen molar-refractivity contribution in [2.45, 2.75) is 65.5 Å². The van der Waals surface area contributed by atoms with Gasteiger partial charge in [-0.3, -0.25) is 9.59 Å². The van der Waals surface area contributed by atoms with Gasteiger partial charge in [-0.25, -0.2) is 4.39 Å². The number of nitrogens with zero attached hydrogens (tertiary/aromatic N) is 1. The highest BCUT2D eigenvalue weighted by Crippen LogP contribution is 2.18. The minimum Gasteiger partial charge on any atom is -0.355 e. The summed E-state index contributed by atoms with van der Waals surface area (Å²) in [6, 6.07) is 13.8. The molecule has 30 heavy (non-hydrogen) atoms. The molecule has 1 N–H and O–H groups in total. The van der Waals surface area contributed by atoms with Gasteiger partial charge in [-0.1, -0.05) is 57.2 Å². The van der Waals surface area contributed by atoms with Crippen LogP contribution in [-0.4, -0.2) is 29.3 Å². The van der Waals surface area contributed by atoms with Crippen molar-refractivity contribution < 1.29 is 14.0 Å². The molecule has 5 heteroatoms. The van der Waals surface area contributed by atoms with Crippen molar-refractivity contribution >= 4 is 11.8 Å². The van der Waals surface area contributed by atoms with Crippen LogP contribution in [0.25, 0.3) is 0 Å². The van der Waals surface area contributed by atoms with Gasteiger partial charge in [-0.2, -0.15) is 0 Å². The summed E-state index contributed by atoms with van der Waals surface area (Å²) in [4.78, 5) is 27.3. The quantitative estimate of drug-likeness (QED) is 0.608. The fraction of sp³-hybridized carbons (Fsp3) is 0.440. The second-order valence-corrected chi connectivity index (χ2v) is 7.86. The fourth-order valence-corrected chi connectivity index (χ4v) is 3.46. The van der Waals surface area contributed by atoms with Crippen molar-refractivity contribution in [3.8, 4) is 0 Å². The Bertz CT molecular complexity index is 816. The van der Waals surface area contributed by atoms with Crippen LogP contribution < -0.4 is 5.32 Å². The van der Waals surface area contributed by atoms with E-state index >= 15 is 0 Å². The monoisotopic (exact) mass is 412 g/mol. The van der Waals surface area contributed by atoms with Gasteiger partial charge in [0.15, 0.2) is 0 Å². The van der Waals surface area contributed by atoms with Gasteiger partial charge in [-0.05, 0) is 54.5 Å². The molecule has 0 saturated heterocycles. The molecule has 2 amide bonds. The second kappa shape index (κ2) is 11.5. The summed E-state index contributed by atoms with van der Waals surface area (Å²) < 4.78 is 13.3. The third-order valence-electron chi connectivity index (χ3n) is 5.28. The molecule has 0 aromatic heterocycles. The molecular weight excluding hydrogens is 379 g/mol. The maximum absolute atomic E-state index is 13.3. The number of aryl methyl sites for hydroxylation is 1. The van der Waals surface area contributed by atoms with Crippen LogP contribution in [0.15, 0.2) is 48.5 Å². The van der Waals surface area contributed by atoms with Gasteiger partial charge < -0.3 is 10.2 Å². The molecule has 0 aliphatic carbocycles. The van der Waals surface area contributed by atoms with E-state index in [0.717, 1.165) is 11.1 Å². The smallest absolute Gasteiger partial charge is 0.242 e. The average molecular weight is 413 g/mol. The first-order valence-corrected chi connectivity index (χ1v) is 10.8. The summed E-state index contributed by atoms with van der Waals surface area (Å²) in [6.07, 6.45) is 1.45. The lowest BCUT2D eigenvalue weighted by atomic mass is 10.00. The van der Waals surface area contributed by atoms with Crippen molar-refractivity contribution in [2.24, 2.45) is 0 Å². The Labute approximate surface area is 179 Å². The predicted octanol–water partition coefficient (Wildman–Crippen LogP) is 4.83. The van der Waals surface area contributed by atoms with Crippen LogP contribution in [0.3, 0.4) is 0 Å². The molecule has 0 radical (unpaired) electrons. The number of carbonyl (C=O) groups excluding carboxylic acids is 2. The molecule has 0 heterocycles. The number of nitrogens with one attached hydrogen (secondary N) is 1. The van der Waals surface area contributed by atoms with E-state index < -0.39 is 6.04 Å². The SMILES string of the molecule is CCNC(=O)[C@@H](CC)N(Cc1ccc(F)cc1)C(=O)CCc1ccc(C(C)C)cc1. The summed E-state index contributed by atoms with van der Waals surface area (Å²) >= 11 is 0. The van der Waals surface area contributed by atoms with Gasteiger partial charge in [0.25, 0.3) is 0 Å². The van der Waals surface area contributed by atoms with Crippen LogP contribution in [0.2, 0.25) is 0 Å². The molecule has 0 aliphatic rings. The standard InChI is InChI=1S/C25H33FN2O2/c1-5-23(25(30)27-6-2)28(17-20-9-14-22(26)15-10-20)24(29)16-11-19-7-12-21(13-8-19)18(3)4/h7-10,12-15,18,23H,5-6,11,16-17H2,1-4H3,(H,27,30)/t23-/m1/s1. The van der Waals surface area contributed by atoms with Gasteiger partial charge in [0, 0.05) is 19.5 Å². The summed E-state index contributed by atoms with van der Waals surface area (Å²) in [7, 11) is 0. The van der Waals surface area contributed by atoms with Gasteiger partial charge in [-0.15, -0.1) is 0 Å². The average Bonchev–Trinajstić information content (AvgIpc) is 2.73. The van der Waals surface area contributed by atoms with Crippen molar-refractivity contribution in [1.29, 1.82) is 0 Å². The zero-order chi connectivity index (χ0) is 22.1. The number of rotatable bonds is 10. The van der Waals surface area contributed by atoms with E-state index in [1.165, 1.54) is 17.7 Å². The number of amides is 2. The van der Waals surface area contributed by atoms with Crippen molar-refractivity contribution in [3.63, 3.8) is 0 Å². The van der Waals surface area contributed by atoms with Gasteiger partial charge in [0.05, 0.1) is 0 Å². The highest BCUT2D eigenvalue weighted by atomic mass is 19.1. The van der Waals surface area contributed by atoms with Gasteiger partial charge in [0.1, 0.15) is 11.9 Å². The van der Waals surface area contributed by atoms with E-state index in [-0.39, 0.29) is 24.2 Å². The topological polar surface area (TPSA) is 49.4 Å². The Morgan fingerprint density at radius 1 is 0.967 bits per heavy atom. The van der Waals surface area contributed by atoms with Crippen LogP contribution in [-0.2, 0) is 22.6 Å². The zero-order valence-electron chi connectivity index (χ0n) is 18.5. The zero-order valence-corrected chi connectivity index (χ0v) is 18.5. The Kier molecular flexibility index (Phi) is 9.03. The van der Waals surface area contributed by atoms with Gasteiger partial charge in [0.2, 0.25) is 11.8 Å². The minimum absolute atomic E-state index is 0.0784. The maximum Gasteiger partial charge on any atom is 0.242 e. The first-order chi connectivity index (χ1) is 14.3. The van der Waals surface area contributed by atoms with Crippen LogP contribution in [0.5, 0.6) is 0 Å². The van der Waals surface area contributed by atoms with Crippen LogP contribution >= 0.6 is 0 Å². The van der Waals surface area contributed by atoms with Crippen molar-refractivity contribution in [3.05, 3.63) is 71.0 Å². The van der Waals surface area contributed by atoms with Gasteiger partial charge >= 0.3 is 0 Å². The third-order valence-corrected chi connectivity index (χ3v) is 5.28. The van der Waals surface area contributed by atoms with Crippen molar-refractivity contribution in [2.75, 3.05) is 6.54 Å². The lowest BCUT2D eigenvalue weighted by Crippen LogP contribution is -2.49. The van der Waals surface area contributed by atoms with E-state index in [2.05, 4.69) is 43.4 Å². The molecule has 1 atom stereocenters. The molecule has 0 unspecified atom stereocenters. The Balaban J connectivity index is 2.15. The number of likely N-dealkylation sites (N-methyl/N-ethyl adjacent to an activating group) is 1. The van der Waals surface area contributed by atoms with E-state index in [1.807, 2.05) is 13.8 Å². The molecule has 0 saturated carbocycles. The van der Waals surface area contributed by atoms with E-state index in [4.69, 9.17) is 0 Å². The molecule has 2 rings (SSSR count). The molecule has 0 aliphatic heterocycles. The van der Waals surface area contributed by atoms with E-state index in [1.54, 1.807) is 17.0 Å². The third kappa shape index (κ3) is 6.68. The molecule has 0 bridgehead atoms. The maximum atomic E-state index is 13.3. The number of halogens is 1. The number of hydrogen-bond donors (Lipinski definition) is 1. The van der Waals surface area contributed by atoms with Crippen LogP contribution in [0.1, 0.15) is 63.1 Å². The minimum atomic E-state index is -0.550. The second-order valence-electron chi connectivity index (χ2n) is 7.86. The summed E-state index contributed by atoms with van der Waals surface area (Å²) in [5.74, 6) is -0.0892. The number of benzene rings is 2.